The van der Waals surface area contributed by atoms with Crippen molar-refractivity contribution < 1.29 is 19.0 Å². The van der Waals surface area contributed by atoms with Crippen LogP contribution >= 0.6 is 0 Å². The molecule has 1 atom stereocenters. The maximum atomic E-state index is 12.1. The van der Waals surface area contributed by atoms with E-state index in [4.69, 9.17) is 19.5 Å². The van der Waals surface area contributed by atoms with Crippen molar-refractivity contribution in [3.8, 4) is 11.8 Å². The maximum Gasteiger partial charge on any atom is 0.414 e. The Balaban J connectivity index is 1.49. The van der Waals surface area contributed by atoms with Crippen molar-refractivity contribution in [1.82, 2.24) is 0 Å². The van der Waals surface area contributed by atoms with Gasteiger partial charge < -0.3 is 14.2 Å². The first-order valence-corrected chi connectivity index (χ1v) is 8.46. The van der Waals surface area contributed by atoms with Gasteiger partial charge >= 0.3 is 6.09 Å². The number of ether oxygens (including phenoxy) is 3. The highest BCUT2D eigenvalue weighted by Gasteiger charge is 2.32. The van der Waals surface area contributed by atoms with Crippen LogP contribution in [0.1, 0.15) is 12.0 Å². The van der Waals surface area contributed by atoms with Gasteiger partial charge in [0.05, 0.1) is 32.2 Å². The second-order valence-electron chi connectivity index (χ2n) is 5.87. The number of carbonyl (C=O) groups is 1. The Morgan fingerprint density at radius 1 is 1.15 bits per heavy atom. The average Bonchev–Trinajstić information content (AvgIpc) is 3.04. The number of benzene rings is 2. The molecule has 1 amide bonds. The molecule has 1 aliphatic heterocycles. The van der Waals surface area contributed by atoms with Crippen molar-refractivity contribution in [3.05, 3.63) is 60.2 Å². The van der Waals surface area contributed by atoms with Gasteiger partial charge in [-0.25, -0.2) is 4.79 Å². The van der Waals surface area contributed by atoms with Gasteiger partial charge in [-0.2, -0.15) is 5.26 Å². The number of nitrogens with zero attached hydrogens (tertiary/aromatic N) is 2. The molecular weight excluding hydrogens is 332 g/mol. The molecule has 0 N–H and O–H groups in total. The number of hydrogen-bond acceptors (Lipinski definition) is 5. The third-order valence-corrected chi connectivity index (χ3v) is 3.92. The van der Waals surface area contributed by atoms with Crippen LogP contribution in [0.4, 0.5) is 10.5 Å². The lowest BCUT2D eigenvalue weighted by Gasteiger charge is -2.14. The highest BCUT2D eigenvalue weighted by molar-refractivity contribution is 5.89. The Kier molecular flexibility index (Phi) is 6.07. The van der Waals surface area contributed by atoms with Gasteiger partial charge in [-0.15, -0.1) is 0 Å². The first kappa shape index (κ1) is 17.8. The van der Waals surface area contributed by atoms with Crippen molar-refractivity contribution in [2.75, 3.05) is 24.7 Å². The predicted octanol–water partition coefficient (Wildman–Crippen LogP) is 3.52. The lowest BCUT2D eigenvalue weighted by molar-refractivity contribution is 0.0381. The molecule has 2 aromatic carbocycles. The molecule has 0 aliphatic carbocycles. The third kappa shape index (κ3) is 4.74. The standard InChI is InChI=1S/C20H20N2O4/c21-11-4-12-25-18-9-7-17(8-10-18)22-13-19(26-20(22)23)15-24-14-16-5-2-1-3-6-16/h1-3,5-10,19H,4,12-15H2. The molecule has 26 heavy (non-hydrogen) atoms. The van der Waals surface area contributed by atoms with E-state index in [1.54, 1.807) is 29.2 Å². The van der Waals surface area contributed by atoms with Crippen molar-refractivity contribution in [2.45, 2.75) is 19.1 Å². The van der Waals surface area contributed by atoms with E-state index in [2.05, 4.69) is 0 Å². The summed E-state index contributed by atoms with van der Waals surface area (Å²) in [6.45, 7) is 1.64. The van der Waals surface area contributed by atoms with Gasteiger partial charge in [-0.3, -0.25) is 4.90 Å². The summed E-state index contributed by atoms with van der Waals surface area (Å²) in [5.74, 6) is 0.666. The Morgan fingerprint density at radius 3 is 2.65 bits per heavy atom. The van der Waals surface area contributed by atoms with Crippen LogP contribution in [0.25, 0.3) is 0 Å². The van der Waals surface area contributed by atoms with E-state index >= 15 is 0 Å². The lowest BCUT2D eigenvalue weighted by Crippen LogP contribution is -2.25. The average molecular weight is 352 g/mol. The number of nitriles is 1. The highest BCUT2D eigenvalue weighted by Crippen LogP contribution is 2.24. The summed E-state index contributed by atoms with van der Waals surface area (Å²) in [4.78, 5) is 13.7. The zero-order valence-electron chi connectivity index (χ0n) is 14.3. The van der Waals surface area contributed by atoms with Crippen LogP contribution in [-0.4, -0.2) is 32.0 Å². The van der Waals surface area contributed by atoms with E-state index in [0.717, 1.165) is 11.3 Å². The number of amides is 1. The summed E-state index contributed by atoms with van der Waals surface area (Å²) >= 11 is 0. The Bertz CT molecular complexity index is 756. The number of anilines is 1. The lowest BCUT2D eigenvalue weighted by atomic mass is 10.2. The largest absolute Gasteiger partial charge is 0.493 e. The fourth-order valence-corrected chi connectivity index (χ4v) is 2.64. The van der Waals surface area contributed by atoms with Gasteiger partial charge in [0.1, 0.15) is 18.5 Å². The molecule has 1 heterocycles. The molecule has 3 rings (SSSR count). The van der Waals surface area contributed by atoms with E-state index in [1.165, 1.54) is 0 Å². The number of rotatable bonds is 8. The smallest absolute Gasteiger partial charge is 0.414 e. The molecular formula is C20H20N2O4. The molecule has 1 aliphatic rings. The Hall–Kier alpha value is -3.04. The van der Waals surface area contributed by atoms with Gasteiger partial charge in [0.25, 0.3) is 0 Å². The number of cyclic esters (lactones) is 1. The first-order chi connectivity index (χ1) is 12.8. The summed E-state index contributed by atoms with van der Waals surface area (Å²) in [5, 5.41) is 8.51. The van der Waals surface area contributed by atoms with Gasteiger partial charge in [-0.05, 0) is 29.8 Å². The molecule has 0 bridgehead atoms. The first-order valence-electron chi connectivity index (χ1n) is 8.46. The van der Waals surface area contributed by atoms with Crippen molar-refractivity contribution in [3.63, 3.8) is 0 Å². The quantitative estimate of drug-likeness (QED) is 0.680. The zero-order chi connectivity index (χ0) is 18.2. The minimum absolute atomic E-state index is 0.294. The second-order valence-corrected chi connectivity index (χ2v) is 5.87. The van der Waals surface area contributed by atoms with Crippen LogP contribution in [0.15, 0.2) is 54.6 Å². The minimum Gasteiger partial charge on any atom is -0.493 e. The van der Waals surface area contributed by atoms with Gasteiger partial charge in [0.15, 0.2) is 0 Å². The van der Waals surface area contributed by atoms with E-state index in [1.807, 2.05) is 36.4 Å². The molecule has 134 valence electrons. The molecule has 6 heteroatoms. The molecule has 1 saturated heterocycles. The van der Waals surface area contributed by atoms with E-state index in [0.29, 0.717) is 38.5 Å². The highest BCUT2D eigenvalue weighted by atomic mass is 16.6. The SMILES string of the molecule is N#CCCOc1ccc(N2CC(COCc3ccccc3)OC2=O)cc1. The van der Waals surface area contributed by atoms with Gasteiger partial charge in [0.2, 0.25) is 0 Å². The van der Waals surface area contributed by atoms with Crippen LogP contribution in [-0.2, 0) is 16.1 Å². The molecule has 1 unspecified atom stereocenters. The van der Waals surface area contributed by atoms with Crippen molar-refractivity contribution in [2.24, 2.45) is 0 Å². The topological polar surface area (TPSA) is 71.8 Å². The molecule has 1 fully saturated rings. The Morgan fingerprint density at radius 2 is 1.92 bits per heavy atom. The van der Waals surface area contributed by atoms with E-state index < -0.39 is 0 Å². The zero-order valence-corrected chi connectivity index (χ0v) is 14.3. The monoisotopic (exact) mass is 352 g/mol. The predicted molar refractivity (Wildman–Crippen MR) is 95.9 cm³/mol. The summed E-state index contributed by atoms with van der Waals surface area (Å²) in [6.07, 6.45) is -0.334. The summed E-state index contributed by atoms with van der Waals surface area (Å²) in [5.41, 5.74) is 1.83. The normalized spacial score (nSPS) is 16.2. The second kappa shape index (κ2) is 8.88. The van der Waals surface area contributed by atoms with Crippen LogP contribution in [0.3, 0.4) is 0 Å². The van der Waals surface area contributed by atoms with Crippen LogP contribution in [0, 0.1) is 11.3 Å². The molecule has 0 spiro atoms. The number of carbonyl (C=O) groups excluding carboxylic acids is 1. The van der Waals surface area contributed by atoms with E-state index in [9.17, 15) is 4.79 Å². The van der Waals surface area contributed by atoms with Crippen LogP contribution in [0.2, 0.25) is 0 Å². The van der Waals surface area contributed by atoms with E-state index in [-0.39, 0.29) is 12.2 Å². The van der Waals surface area contributed by atoms with Gasteiger partial charge in [-0.1, -0.05) is 30.3 Å². The van der Waals surface area contributed by atoms with Crippen molar-refractivity contribution in [1.29, 1.82) is 5.26 Å². The summed E-state index contributed by atoms with van der Waals surface area (Å²) in [6, 6.07) is 19.1. The van der Waals surface area contributed by atoms with Crippen LogP contribution in [0.5, 0.6) is 5.75 Å². The third-order valence-electron chi connectivity index (χ3n) is 3.92. The summed E-state index contributed by atoms with van der Waals surface area (Å²) < 4.78 is 16.5. The van der Waals surface area contributed by atoms with Crippen molar-refractivity contribution >= 4 is 11.8 Å². The Labute approximate surface area is 152 Å². The fraction of sp³-hybridized carbons (Fsp3) is 0.300. The minimum atomic E-state index is -0.378. The maximum absolute atomic E-state index is 12.1. The molecule has 2 aromatic rings. The number of hydrogen-bond donors (Lipinski definition) is 0. The molecule has 0 saturated carbocycles. The molecule has 0 aromatic heterocycles. The fourth-order valence-electron chi connectivity index (χ4n) is 2.64. The molecule has 6 nitrogen and oxygen atoms in total. The van der Waals surface area contributed by atoms with Gasteiger partial charge in [0, 0.05) is 5.69 Å². The summed E-state index contributed by atoms with van der Waals surface area (Å²) in [7, 11) is 0. The van der Waals surface area contributed by atoms with Crippen LogP contribution < -0.4 is 9.64 Å². The molecule has 0 radical (unpaired) electrons.